The molecule has 0 aliphatic carbocycles. The number of benzene rings is 1. The molecule has 0 bridgehead atoms. The highest BCUT2D eigenvalue weighted by Crippen LogP contribution is 2.26. The summed E-state index contributed by atoms with van der Waals surface area (Å²) in [6.07, 6.45) is 0.890. The molecule has 1 aromatic carbocycles. The lowest BCUT2D eigenvalue weighted by molar-refractivity contribution is -0.121. The maximum atomic E-state index is 12.3. The number of carbonyl (C=O) groups excluding carboxylic acids is 3. The molecule has 24 heavy (non-hydrogen) atoms. The molecule has 1 aromatic heterocycles. The number of hydrogen-bond acceptors (Lipinski definition) is 4. The van der Waals surface area contributed by atoms with Crippen molar-refractivity contribution in [1.82, 2.24) is 10.2 Å². The number of imide groups is 1. The number of amides is 3. The van der Waals surface area contributed by atoms with E-state index in [0.717, 1.165) is 15.8 Å². The summed E-state index contributed by atoms with van der Waals surface area (Å²) in [5.41, 5.74) is 0.772. The number of halogens is 1. The van der Waals surface area contributed by atoms with E-state index in [9.17, 15) is 14.4 Å². The summed E-state index contributed by atoms with van der Waals surface area (Å²) in [6.45, 7) is 0.642. The lowest BCUT2D eigenvalue weighted by Gasteiger charge is -2.13. The van der Waals surface area contributed by atoms with Gasteiger partial charge in [-0.25, -0.2) is 0 Å². The first-order chi connectivity index (χ1) is 11.6. The molecule has 3 amide bonds. The Morgan fingerprint density at radius 1 is 1.17 bits per heavy atom. The third kappa shape index (κ3) is 3.57. The van der Waals surface area contributed by atoms with E-state index < -0.39 is 0 Å². The van der Waals surface area contributed by atoms with Crippen LogP contribution in [0.5, 0.6) is 0 Å². The van der Waals surface area contributed by atoms with Crippen LogP contribution >= 0.6 is 27.3 Å². The first-order valence-electron chi connectivity index (χ1n) is 7.51. The van der Waals surface area contributed by atoms with E-state index >= 15 is 0 Å². The monoisotopic (exact) mass is 406 g/mol. The summed E-state index contributed by atoms with van der Waals surface area (Å²) < 4.78 is 0.746. The third-order valence-corrected chi connectivity index (χ3v) is 5.20. The molecule has 5 nitrogen and oxygen atoms in total. The predicted molar refractivity (Wildman–Crippen MR) is 95.2 cm³/mol. The molecule has 0 spiro atoms. The van der Waals surface area contributed by atoms with E-state index in [0.29, 0.717) is 17.7 Å². The number of rotatable bonds is 6. The van der Waals surface area contributed by atoms with E-state index in [1.54, 1.807) is 29.5 Å². The Morgan fingerprint density at radius 3 is 2.71 bits per heavy atom. The number of fused-ring (bicyclic) bond motifs is 1. The van der Waals surface area contributed by atoms with Crippen molar-refractivity contribution in [3.63, 3.8) is 0 Å². The van der Waals surface area contributed by atoms with Gasteiger partial charge in [-0.05, 0) is 36.1 Å². The molecule has 2 aromatic rings. The van der Waals surface area contributed by atoms with Gasteiger partial charge in [0, 0.05) is 28.9 Å². The molecule has 0 unspecified atom stereocenters. The van der Waals surface area contributed by atoms with Gasteiger partial charge in [0.05, 0.1) is 11.1 Å². The third-order valence-electron chi connectivity index (χ3n) is 3.77. The van der Waals surface area contributed by atoms with Crippen molar-refractivity contribution in [2.75, 3.05) is 13.1 Å². The van der Waals surface area contributed by atoms with E-state index in [-0.39, 0.29) is 30.7 Å². The molecule has 0 atom stereocenters. The van der Waals surface area contributed by atoms with E-state index in [2.05, 4.69) is 21.2 Å². The molecule has 1 N–H and O–H groups in total. The highest BCUT2D eigenvalue weighted by atomic mass is 79.9. The molecule has 3 rings (SSSR count). The van der Waals surface area contributed by atoms with Crippen LogP contribution in [0.2, 0.25) is 0 Å². The number of nitrogens with one attached hydrogen (secondary N) is 1. The van der Waals surface area contributed by atoms with Gasteiger partial charge < -0.3 is 5.32 Å². The summed E-state index contributed by atoms with van der Waals surface area (Å²) >= 11 is 4.94. The number of thiophene rings is 1. The first-order valence-corrected chi connectivity index (χ1v) is 9.18. The lowest BCUT2D eigenvalue weighted by Crippen LogP contribution is -2.35. The average molecular weight is 407 g/mol. The fourth-order valence-electron chi connectivity index (χ4n) is 2.55. The van der Waals surface area contributed by atoms with Gasteiger partial charge in [-0.1, -0.05) is 22.0 Å². The predicted octanol–water partition coefficient (Wildman–Crippen LogP) is 2.86. The van der Waals surface area contributed by atoms with Gasteiger partial charge >= 0.3 is 0 Å². The number of hydrogen-bond donors (Lipinski definition) is 1. The van der Waals surface area contributed by atoms with Gasteiger partial charge in [0.2, 0.25) is 5.91 Å². The first kappa shape index (κ1) is 16.9. The Balaban J connectivity index is 1.51. The second kappa shape index (κ2) is 7.27. The zero-order valence-electron chi connectivity index (χ0n) is 12.8. The van der Waals surface area contributed by atoms with Crippen molar-refractivity contribution in [2.24, 2.45) is 0 Å². The highest BCUT2D eigenvalue weighted by molar-refractivity contribution is 9.10. The van der Waals surface area contributed by atoms with Crippen LogP contribution in [-0.4, -0.2) is 35.7 Å². The Morgan fingerprint density at radius 2 is 1.96 bits per heavy atom. The summed E-state index contributed by atoms with van der Waals surface area (Å²) in [7, 11) is 0. The molecule has 1 aliphatic heterocycles. The van der Waals surface area contributed by atoms with Gasteiger partial charge in [0.1, 0.15) is 0 Å². The normalized spacial score (nSPS) is 13.3. The molecular weight excluding hydrogens is 392 g/mol. The Kier molecular flexibility index (Phi) is 5.11. The molecule has 124 valence electrons. The van der Waals surface area contributed by atoms with E-state index in [1.165, 1.54) is 4.88 Å². The topological polar surface area (TPSA) is 66.5 Å². The molecule has 1 aliphatic rings. The number of carbonyl (C=O) groups is 3. The van der Waals surface area contributed by atoms with Crippen molar-refractivity contribution in [3.05, 3.63) is 56.2 Å². The van der Waals surface area contributed by atoms with E-state index in [4.69, 9.17) is 0 Å². The highest BCUT2D eigenvalue weighted by Gasteiger charge is 2.35. The van der Waals surface area contributed by atoms with Crippen LogP contribution < -0.4 is 5.32 Å². The second-order valence-electron chi connectivity index (χ2n) is 5.38. The van der Waals surface area contributed by atoms with E-state index in [1.807, 2.05) is 17.5 Å². The van der Waals surface area contributed by atoms with Crippen molar-refractivity contribution in [3.8, 4) is 0 Å². The zero-order valence-corrected chi connectivity index (χ0v) is 15.2. The fraction of sp³-hybridized carbons (Fsp3) is 0.235. The van der Waals surface area contributed by atoms with Gasteiger partial charge in [0.15, 0.2) is 0 Å². The van der Waals surface area contributed by atoms with Crippen LogP contribution in [0, 0.1) is 0 Å². The van der Waals surface area contributed by atoms with Gasteiger partial charge in [-0.3, -0.25) is 19.3 Å². The van der Waals surface area contributed by atoms with Crippen LogP contribution in [0.25, 0.3) is 0 Å². The molecular formula is C17H15BrN2O3S. The Labute approximate surface area is 151 Å². The maximum absolute atomic E-state index is 12.3. The molecule has 0 saturated heterocycles. The van der Waals surface area contributed by atoms with Crippen molar-refractivity contribution in [2.45, 2.75) is 12.8 Å². The van der Waals surface area contributed by atoms with Crippen molar-refractivity contribution >= 4 is 45.0 Å². The molecule has 0 saturated carbocycles. The number of nitrogens with zero attached hydrogens (tertiary/aromatic N) is 1. The van der Waals surface area contributed by atoms with Crippen LogP contribution in [0.4, 0.5) is 0 Å². The standard InChI is InChI=1S/C17H15BrN2O3S/c18-11-3-4-13-14(10-11)17(23)20(16(13)22)8-6-15(21)19-7-5-12-2-1-9-24-12/h1-4,9-10H,5-8H2,(H,19,21). The van der Waals surface area contributed by atoms with Crippen LogP contribution in [0.3, 0.4) is 0 Å². The summed E-state index contributed by atoms with van der Waals surface area (Å²) in [5.74, 6) is -0.846. The second-order valence-corrected chi connectivity index (χ2v) is 7.33. The smallest absolute Gasteiger partial charge is 0.261 e. The van der Waals surface area contributed by atoms with Gasteiger partial charge in [-0.2, -0.15) is 0 Å². The van der Waals surface area contributed by atoms with Crippen molar-refractivity contribution in [1.29, 1.82) is 0 Å². The molecule has 0 fully saturated rings. The quantitative estimate of drug-likeness (QED) is 0.749. The lowest BCUT2D eigenvalue weighted by atomic mass is 10.1. The van der Waals surface area contributed by atoms with Crippen LogP contribution in [0.1, 0.15) is 32.0 Å². The van der Waals surface area contributed by atoms with Gasteiger partial charge in [0.25, 0.3) is 11.8 Å². The molecule has 0 radical (unpaired) electrons. The van der Waals surface area contributed by atoms with Crippen LogP contribution in [0.15, 0.2) is 40.2 Å². The van der Waals surface area contributed by atoms with Gasteiger partial charge in [-0.15, -0.1) is 11.3 Å². The SMILES string of the molecule is O=C(CCN1C(=O)c2ccc(Br)cc2C1=O)NCCc1cccs1. The largest absolute Gasteiger partial charge is 0.356 e. The average Bonchev–Trinajstić information content (AvgIpc) is 3.14. The minimum atomic E-state index is -0.345. The fourth-order valence-corrected chi connectivity index (χ4v) is 3.62. The minimum absolute atomic E-state index is 0.0921. The Bertz CT molecular complexity index is 789. The zero-order chi connectivity index (χ0) is 17.1. The van der Waals surface area contributed by atoms with Crippen LogP contribution in [-0.2, 0) is 11.2 Å². The Hall–Kier alpha value is -1.99. The molecule has 7 heteroatoms. The molecule has 2 heterocycles. The van der Waals surface area contributed by atoms with Crippen molar-refractivity contribution < 1.29 is 14.4 Å². The summed E-state index contributed by atoms with van der Waals surface area (Å²) in [6, 6.07) is 8.98. The summed E-state index contributed by atoms with van der Waals surface area (Å²) in [5, 5.41) is 4.81. The minimum Gasteiger partial charge on any atom is -0.356 e. The summed E-state index contributed by atoms with van der Waals surface area (Å²) in [4.78, 5) is 38.8. The maximum Gasteiger partial charge on any atom is 0.261 e.